The molecule has 0 amide bonds. The lowest BCUT2D eigenvalue weighted by Gasteiger charge is -2.40. The predicted molar refractivity (Wildman–Crippen MR) is 630 cm³/mol. The van der Waals surface area contributed by atoms with E-state index in [2.05, 4.69) is 582 Å². The SMILES string of the molecule is c1ccc(-c2cc3c4ccccc4c(C4(c5ccccc5)c5ccccc5-c5ccccc5-c5ccccc54)cc3c3ccccc23)cc1.c1ccc(C2(c3c4ccccc4c(-c4ccc5ccccc5c4)c4ccccc34)c3ccccc3-c3ccccc3-c3ccccc32)cc1.c1ccc(C2(c3ccc4ccc5c(-c6cccc7ccccc67)ccc6ccc3c4c65)c3ccccc3-c3ccccc3-c3ccccc32)cc1. The van der Waals surface area contributed by atoms with Gasteiger partial charge >= 0.3 is 0 Å². The Morgan fingerprint density at radius 2 is 0.409 bits per heavy atom. The highest BCUT2D eigenvalue weighted by molar-refractivity contribution is 6.28. The summed E-state index contributed by atoms with van der Waals surface area (Å²) in [4.78, 5) is 0. The van der Waals surface area contributed by atoms with Crippen LogP contribution in [0.15, 0.2) is 582 Å². The predicted octanol–water partition coefficient (Wildman–Crippen LogP) is 39.1. The second-order valence-corrected chi connectivity index (χ2v) is 40.2. The van der Waals surface area contributed by atoms with E-state index in [9.17, 15) is 0 Å². The molecule has 3 aliphatic carbocycles. The van der Waals surface area contributed by atoms with Crippen LogP contribution in [0.4, 0.5) is 0 Å². The molecule has 0 heteroatoms. The van der Waals surface area contributed by atoms with E-state index >= 15 is 0 Å². The van der Waals surface area contributed by atoms with Crippen molar-refractivity contribution in [2.75, 3.05) is 0 Å². The van der Waals surface area contributed by atoms with Crippen molar-refractivity contribution in [3.63, 3.8) is 0 Å². The zero-order chi connectivity index (χ0) is 98.2. The molecule has 0 nitrogen and oxygen atoms in total. The summed E-state index contributed by atoms with van der Waals surface area (Å²) in [6.07, 6.45) is 0. The summed E-state index contributed by atoms with van der Waals surface area (Å²) in [6.45, 7) is 0. The van der Waals surface area contributed by atoms with Gasteiger partial charge in [0.25, 0.3) is 0 Å². The molecule has 3 aliphatic rings. The highest BCUT2D eigenvalue weighted by Crippen LogP contribution is 2.63. The van der Waals surface area contributed by atoms with Gasteiger partial charge in [0, 0.05) is 0 Å². The summed E-state index contributed by atoms with van der Waals surface area (Å²) < 4.78 is 0. The Balaban J connectivity index is 0.000000105. The first kappa shape index (κ1) is 86.7. The Hall–Kier alpha value is -19.0. The summed E-state index contributed by atoms with van der Waals surface area (Å²) in [6, 6.07) is 217. The molecule has 0 saturated carbocycles. The molecule has 0 radical (unpaired) electrons. The summed E-state index contributed by atoms with van der Waals surface area (Å²) in [7, 11) is 0. The van der Waals surface area contributed by atoms with Crippen LogP contribution < -0.4 is 0 Å². The molecule has 0 spiro atoms. The Kier molecular flexibility index (Phi) is 20.5. The highest BCUT2D eigenvalue weighted by atomic mass is 14.5. The van der Waals surface area contributed by atoms with Crippen LogP contribution in [0.1, 0.15) is 66.8 Å². The topological polar surface area (TPSA) is 0 Å². The molecule has 0 unspecified atom stereocenters. The fraction of sp³-hybridized carbons (Fsp3) is 0.0201. The van der Waals surface area contributed by atoms with Gasteiger partial charge in [0.05, 0.1) is 16.2 Å². The van der Waals surface area contributed by atoms with E-state index in [1.165, 1.54) is 275 Å². The highest BCUT2D eigenvalue weighted by Gasteiger charge is 2.50. The van der Waals surface area contributed by atoms with E-state index < -0.39 is 16.2 Å². The third kappa shape index (κ3) is 13.2. The van der Waals surface area contributed by atoms with E-state index in [4.69, 9.17) is 0 Å². The smallest absolute Gasteiger partial charge is 0.0622 e. The molecular formula is C149H96. The molecule has 0 atom stereocenters. The first-order valence-electron chi connectivity index (χ1n) is 52.1. The van der Waals surface area contributed by atoms with Crippen LogP contribution in [-0.4, -0.2) is 0 Å². The van der Waals surface area contributed by atoms with E-state index in [1.807, 2.05) is 0 Å². The molecule has 0 bridgehead atoms. The Morgan fingerprint density at radius 1 is 0.107 bits per heavy atom. The van der Waals surface area contributed by atoms with Crippen molar-refractivity contribution in [3.8, 4) is 100 Å². The molecule has 0 aliphatic heterocycles. The molecule has 0 N–H and O–H groups in total. The summed E-state index contributed by atoms with van der Waals surface area (Å²) in [5.41, 5.74) is 36.5. The standard InChI is InChI=1S/C51H32.2C49H32/c1-2-15-36(16-3-1)51(46-23-10-8-20-42(46)39-18-6-7-19-40(39)43-21-9-11-24-47(43)51)48-32-28-35-26-30-44-41(29-25-34-27-31-45(48)50(35)49(34)44)38-22-12-14-33-13-4-5-17-37(33)38;1-3-17-33(18-4-1)43-31-44-39-25-11-12-28-42(39)48(32-45(44)38-24-10-9-23-37(38)43)49(34-19-5-2-6-20-34)46-29-15-13-26-40(46)35-21-7-8-22-36(35)41-27-14-16-30-47(41)49;1-2-18-36(19-3-1)49(45-28-14-12-22-39(45)37-20-6-7-21-38(37)40-23-13-15-29-46(40)49)48-43-26-10-8-24-41(43)47(42-25-9-11-27-44(42)48)35-31-30-33-16-4-5-17-34(33)32-35/h1-32H;2*1-32H. The van der Waals surface area contributed by atoms with Crippen LogP contribution in [0, 0.1) is 0 Å². The Labute approximate surface area is 866 Å². The molecule has 0 aromatic heterocycles. The third-order valence-corrected chi connectivity index (χ3v) is 33.0. The molecule has 0 heterocycles. The zero-order valence-electron chi connectivity index (χ0n) is 81.9. The fourth-order valence-corrected chi connectivity index (χ4v) is 27.0. The van der Waals surface area contributed by atoms with Crippen molar-refractivity contribution >= 4 is 108 Å². The van der Waals surface area contributed by atoms with E-state index in [0.717, 1.165) is 0 Å². The second-order valence-electron chi connectivity index (χ2n) is 40.2. The van der Waals surface area contributed by atoms with E-state index in [1.54, 1.807) is 0 Å². The molecule has 31 rings (SSSR count). The quantitative estimate of drug-likeness (QED) is 0.0998. The Bertz CT molecular complexity index is 9970. The van der Waals surface area contributed by atoms with Gasteiger partial charge in [0.15, 0.2) is 0 Å². The van der Waals surface area contributed by atoms with Gasteiger partial charge in [-0.1, -0.05) is 564 Å². The summed E-state index contributed by atoms with van der Waals surface area (Å²) in [5, 5.41) is 25.5. The summed E-state index contributed by atoms with van der Waals surface area (Å²) >= 11 is 0. The fourth-order valence-electron chi connectivity index (χ4n) is 27.0. The molecule has 692 valence electrons. The summed E-state index contributed by atoms with van der Waals surface area (Å²) in [5.74, 6) is 0. The minimum atomic E-state index is -0.630. The third-order valence-electron chi connectivity index (χ3n) is 33.0. The van der Waals surface area contributed by atoms with E-state index in [-0.39, 0.29) is 0 Å². The minimum absolute atomic E-state index is 0.589. The number of benzene rings is 28. The van der Waals surface area contributed by atoms with Gasteiger partial charge in [-0.2, -0.15) is 0 Å². The minimum Gasteiger partial charge on any atom is -0.0622 e. The van der Waals surface area contributed by atoms with Gasteiger partial charge in [-0.25, -0.2) is 0 Å². The molecule has 0 saturated heterocycles. The normalized spacial score (nSPS) is 13.1. The molecule has 149 heavy (non-hydrogen) atoms. The first-order valence-corrected chi connectivity index (χ1v) is 52.1. The maximum absolute atomic E-state index is 2.53. The second kappa shape index (κ2) is 35.2. The lowest BCUT2D eigenvalue weighted by Crippen LogP contribution is -2.32. The van der Waals surface area contributed by atoms with Crippen molar-refractivity contribution in [2.24, 2.45) is 0 Å². The molecule has 28 aromatic carbocycles. The molecular weight excluding hydrogens is 1790 g/mol. The monoisotopic (exact) mass is 1880 g/mol. The maximum Gasteiger partial charge on any atom is 0.0725 e. The maximum atomic E-state index is 2.53. The van der Waals surface area contributed by atoms with Crippen molar-refractivity contribution in [3.05, 3.63) is 649 Å². The average Bonchev–Trinajstić information content (AvgIpc) is 1.69. The molecule has 28 aromatic rings. The average molecular weight is 1890 g/mol. The van der Waals surface area contributed by atoms with Crippen LogP contribution in [0.25, 0.3) is 208 Å². The van der Waals surface area contributed by atoms with E-state index in [0.29, 0.717) is 0 Å². The van der Waals surface area contributed by atoms with Crippen LogP contribution in [0.5, 0.6) is 0 Å². The van der Waals surface area contributed by atoms with Gasteiger partial charge in [-0.05, 0) is 293 Å². The lowest BCUT2D eigenvalue weighted by atomic mass is 9.61. The van der Waals surface area contributed by atoms with Crippen LogP contribution in [0.3, 0.4) is 0 Å². The van der Waals surface area contributed by atoms with Gasteiger partial charge in [-0.15, -0.1) is 0 Å². The lowest BCUT2D eigenvalue weighted by molar-refractivity contribution is 0.759. The van der Waals surface area contributed by atoms with Crippen molar-refractivity contribution in [1.29, 1.82) is 0 Å². The van der Waals surface area contributed by atoms with Crippen molar-refractivity contribution < 1.29 is 0 Å². The molecule has 0 fully saturated rings. The van der Waals surface area contributed by atoms with Crippen LogP contribution >= 0.6 is 0 Å². The van der Waals surface area contributed by atoms with Crippen molar-refractivity contribution in [1.82, 2.24) is 0 Å². The van der Waals surface area contributed by atoms with Gasteiger partial charge in [-0.3, -0.25) is 0 Å². The number of fused-ring (bicyclic) bond motifs is 24. The van der Waals surface area contributed by atoms with Crippen LogP contribution in [-0.2, 0) is 16.2 Å². The number of hydrogen-bond acceptors (Lipinski definition) is 0. The van der Waals surface area contributed by atoms with Crippen LogP contribution in [0.2, 0.25) is 0 Å². The van der Waals surface area contributed by atoms with Gasteiger partial charge in [0.2, 0.25) is 0 Å². The number of hydrogen-bond donors (Lipinski definition) is 0. The number of rotatable bonds is 9. The largest absolute Gasteiger partial charge is 0.0725 e. The van der Waals surface area contributed by atoms with Crippen molar-refractivity contribution in [2.45, 2.75) is 16.2 Å². The Morgan fingerprint density at radius 3 is 0.886 bits per heavy atom. The van der Waals surface area contributed by atoms with Gasteiger partial charge in [0.1, 0.15) is 0 Å². The first-order chi connectivity index (χ1) is 74.0. The van der Waals surface area contributed by atoms with Gasteiger partial charge < -0.3 is 0 Å². The zero-order valence-corrected chi connectivity index (χ0v) is 81.9.